The SMILES string of the molecule is CC(C)N[C@@H]1CC[C@H](N)C1. The second-order valence-corrected chi connectivity index (χ2v) is 3.59. The fourth-order valence-corrected chi connectivity index (χ4v) is 1.64. The molecule has 0 bridgehead atoms. The first-order valence-corrected chi connectivity index (χ1v) is 4.20. The van der Waals surface area contributed by atoms with Gasteiger partial charge >= 0.3 is 0 Å². The minimum Gasteiger partial charge on any atom is -0.328 e. The van der Waals surface area contributed by atoms with Crippen LogP contribution in [0.2, 0.25) is 0 Å². The third kappa shape index (κ3) is 2.27. The molecule has 0 saturated heterocycles. The van der Waals surface area contributed by atoms with Crippen LogP contribution in [-0.4, -0.2) is 18.1 Å². The Morgan fingerprint density at radius 1 is 1.40 bits per heavy atom. The van der Waals surface area contributed by atoms with Crippen LogP contribution in [0.4, 0.5) is 0 Å². The minimum atomic E-state index is 0.455. The van der Waals surface area contributed by atoms with E-state index in [9.17, 15) is 0 Å². The first-order chi connectivity index (χ1) is 4.68. The van der Waals surface area contributed by atoms with Crippen molar-refractivity contribution >= 4 is 0 Å². The van der Waals surface area contributed by atoms with Crippen molar-refractivity contribution < 1.29 is 0 Å². The summed E-state index contributed by atoms with van der Waals surface area (Å²) in [6.45, 7) is 4.37. The fraction of sp³-hybridized carbons (Fsp3) is 1.00. The summed E-state index contributed by atoms with van der Waals surface area (Å²) in [4.78, 5) is 0. The third-order valence-electron chi connectivity index (χ3n) is 2.04. The Balaban J connectivity index is 2.18. The lowest BCUT2D eigenvalue weighted by molar-refractivity contribution is 0.466. The molecule has 1 aliphatic rings. The van der Waals surface area contributed by atoms with Crippen molar-refractivity contribution in [3.05, 3.63) is 0 Å². The summed E-state index contributed by atoms with van der Waals surface area (Å²) in [5.41, 5.74) is 5.76. The Morgan fingerprint density at radius 3 is 2.50 bits per heavy atom. The van der Waals surface area contributed by atoms with E-state index in [0.29, 0.717) is 18.1 Å². The second kappa shape index (κ2) is 3.35. The number of nitrogens with one attached hydrogen (secondary N) is 1. The van der Waals surface area contributed by atoms with Gasteiger partial charge in [0.05, 0.1) is 0 Å². The van der Waals surface area contributed by atoms with E-state index in [1.165, 1.54) is 12.8 Å². The van der Waals surface area contributed by atoms with E-state index < -0.39 is 0 Å². The number of hydrogen-bond acceptors (Lipinski definition) is 2. The van der Waals surface area contributed by atoms with Gasteiger partial charge in [-0.2, -0.15) is 0 Å². The van der Waals surface area contributed by atoms with Gasteiger partial charge in [0.1, 0.15) is 0 Å². The molecule has 1 aliphatic carbocycles. The lowest BCUT2D eigenvalue weighted by Gasteiger charge is -2.14. The molecule has 2 heteroatoms. The van der Waals surface area contributed by atoms with Gasteiger partial charge in [-0.1, -0.05) is 13.8 Å². The lowest BCUT2D eigenvalue weighted by Crippen LogP contribution is -2.33. The lowest BCUT2D eigenvalue weighted by atomic mass is 10.2. The molecule has 60 valence electrons. The Bertz CT molecular complexity index is 101. The second-order valence-electron chi connectivity index (χ2n) is 3.59. The summed E-state index contributed by atoms with van der Waals surface area (Å²) in [5, 5.41) is 3.49. The van der Waals surface area contributed by atoms with Crippen molar-refractivity contribution in [3.8, 4) is 0 Å². The van der Waals surface area contributed by atoms with Crippen LogP contribution in [0.3, 0.4) is 0 Å². The summed E-state index contributed by atoms with van der Waals surface area (Å²) in [6, 6.07) is 1.75. The van der Waals surface area contributed by atoms with E-state index in [-0.39, 0.29) is 0 Å². The van der Waals surface area contributed by atoms with E-state index in [1.807, 2.05) is 0 Å². The van der Waals surface area contributed by atoms with E-state index in [1.54, 1.807) is 0 Å². The van der Waals surface area contributed by atoms with Gasteiger partial charge in [-0.15, -0.1) is 0 Å². The Morgan fingerprint density at radius 2 is 2.10 bits per heavy atom. The molecule has 0 aromatic heterocycles. The average Bonchev–Trinajstić information content (AvgIpc) is 2.13. The van der Waals surface area contributed by atoms with Gasteiger partial charge in [0.15, 0.2) is 0 Å². The van der Waals surface area contributed by atoms with E-state index >= 15 is 0 Å². The number of rotatable bonds is 2. The Labute approximate surface area is 63.2 Å². The van der Waals surface area contributed by atoms with Gasteiger partial charge in [-0.05, 0) is 19.3 Å². The van der Waals surface area contributed by atoms with Crippen LogP contribution in [0.5, 0.6) is 0 Å². The maximum atomic E-state index is 5.76. The first-order valence-electron chi connectivity index (χ1n) is 4.20. The maximum Gasteiger partial charge on any atom is 0.00847 e. The molecule has 0 aromatic carbocycles. The topological polar surface area (TPSA) is 38.0 Å². The maximum absolute atomic E-state index is 5.76. The van der Waals surface area contributed by atoms with Crippen molar-refractivity contribution in [1.82, 2.24) is 5.32 Å². The first kappa shape index (κ1) is 8.02. The molecule has 1 rings (SSSR count). The average molecular weight is 142 g/mol. The standard InChI is InChI=1S/C8H18N2/c1-6(2)10-8-4-3-7(9)5-8/h6-8,10H,3-5,9H2,1-2H3/t7-,8+/m0/s1. The van der Waals surface area contributed by atoms with Crippen LogP contribution in [0.25, 0.3) is 0 Å². The van der Waals surface area contributed by atoms with Crippen LogP contribution in [0.15, 0.2) is 0 Å². The van der Waals surface area contributed by atoms with Crippen molar-refractivity contribution in [1.29, 1.82) is 0 Å². The molecule has 2 atom stereocenters. The van der Waals surface area contributed by atoms with Crippen LogP contribution in [-0.2, 0) is 0 Å². The van der Waals surface area contributed by atoms with E-state index in [4.69, 9.17) is 5.73 Å². The van der Waals surface area contributed by atoms with Crippen molar-refractivity contribution in [3.63, 3.8) is 0 Å². The quantitative estimate of drug-likeness (QED) is 0.600. The molecule has 0 heterocycles. The predicted molar refractivity (Wildman–Crippen MR) is 43.9 cm³/mol. The van der Waals surface area contributed by atoms with Gasteiger partial charge < -0.3 is 11.1 Å². The molecular formula is C8H18N2. The Hall–Kier alpha value is -0.0800. The van der Waals surface area contributed by atoms with Gasteiger partial charge in [0.2, 0.25) is 0 Å². The summed E-state index contributed by atoms with van der Waals surface area (Å²) >= 11 is 0. The zero-order chi connectivity index (χ0) is 7.56. The zero-order valence-electron chi connectivity index (χ0n) is 6.93. The number of hydrogen-bond donors (Lipinski definition) is 2. The molecule has 1 saturated carbocycles. The van der Waals surface area contributed by atoms with Gasteiger partial charge in [-0.25, -0.2) is 0 Å². The van der Waals surface area contributed by atoms with Crippen molar-refractivity contribution in [2.45, 2.75) is 51.2 Å². The number of nitrogens with two attached hydrogens (primary N) is 1. The fourth-order valence-electron chi connectivity index (χ4n) is 1.64. The highest BCUT2D eigenvalue weighted by molar-refractivity contribution is 4.83. The molecular weight excluding hydrogens is 124 g/mol. The third-order valence-corrected chi connectivity index (χ3v) is 2.04. The van der Waals surface area contributed by atoms with Crippen LogP contribution >= 0.6 is 0 Å². The van der Waals surface area contributed by atoms with Gasteiger partial charge in [0, 0.05) is 18.1 Å². The van der Waals surface area contributed by atoms with E-state index in [0.717, 1.165) is 6.42 Å². The smallest absolute Gasteiger partial charge is 0.00847 e. The van der Waals surface area contributed by atoms with Gasteiger partial charge in [-0.3, -0.25) is 0 Å². The van der Waals surface area contributed by atoms with E-state index in [2.05, 4.69) is 19.2 Å². The summed E-state index contributed by atoms with van der Waals surface area (Å²) in [6.07, 6.45) is 3.63. The largest absolute Gasteiger partial charge is 0.328 e. The highest BCUT2D eigenvalue weighted by Crippen LogP contribution is 2.17. The van der Waals surface area contributed by atoms with Crippen LogP contribution < -0.4 is 11.1 Å². The van der Waals surface area contributed by atoms with Crippen molar-refractivity contribution in [2.24, 2.45) is 5.73 Å². The normalized spacial score (nSPS) is 33.6. The highest BCUT2D eigenvalue weighted by Gasteiger charge is 2.21. The molecule has 0 unspecified atom stereocenters. The molecule has 2 nitrogen and oxygen atoms in total. The predicted octanol–water partition coefficient (Wildman–Crippen LogP) is 0.864. The summed E-state index contributed by atoms with van der Waals surface area (Å²) < 4.78 is 0. The molecule has 0 aromatic rings. The minimum absolute atomic E-state index is 0.455. The van der Waals surface area contributed by atoms with Crippen LogP contribution in [0.1, 0.15) is 33.1 Å². The van der Waals surface area contributed by atoms with Crippen LogP contribution in [0, 0.1) is 0 Å². The molecule has 0 spiro atoms. The Kier molecular flexibility index (Phi) is 2.69. The summed E-state index contributed by atoms with van der Waals surface area (Å²) in [5.74, 6) is 0. The highest BCUT2D eigenvalue weighted by atomic mass is 15.0. The van der Waals surface area contributed by atoms with Crippen molar-refractivity contribution in [2.75, 3.05) is 0 Å². The molecule has 3 N–H and O–H groups in total. The monoisotopic (exact) mass is 142 g/mol. The molecule has 0 radical (unpaired) electrons. The molecule has 0 amide bonds. The molecule has 1 fully saturated rings. The van der Waals surface area contributed by atoms with Gasteiger partial charge in [0.25, 0.3) is 0 Å². The zero-order valence-corrected chi connectivity index (χ0v) is 6.93. The molecule has 0 aliphatic heterocycles. The summed E-state index contributed by atoms with van der Waals surface area (Å²) in [7, 11) is 0. The molecule has 10 heavy (non-hydrogen) atoms.